The van der Waals surface area contributed by atoms with Crippen molar-refractivity contribution in [2.45, 2.75) is 52.0 Å². The maximum Gasteiger partial charge on any atom is 0.270 e. The lowest BCUT2D eigenvalue weighted by atomic mass is 10.0. The third-order valence-corrected chi connectivity index (χ3v) is 6.06. The number of pyridine rings is 1. The van der Waals surface area contributed by atoms with Crippen LogP contribution in [-0.2, 0) is 9.59 Å². The number of rotatable bonds is 14. The van der Waals surface area contributed by atoms with Gasteiger partial charge in [0.25, 0.3) is 5.91 Å². The number of aldehydes is 1. The van der Waals surface area contributed by atoms with Crippen molar-refractivity contribution in [1.29, 1.82) is 0 Å². The summed E-state index contributed by atoms with van der Waals surface area (Å²) in [7, 11) is 0. The van der Waals surface area contributed by atoms with E-state index in [4.69, 9.17) is 11.5 Å². The third kappa shape index (κ3) is 7.76. The zero-order valence-electron chi connectivity index (χ0n) is 22.5. The third-order valence-electron chi connectivity index (χ3n) is 6.06. The second kappa shape index (κ2) is 14.5. The number of aromatic nitrogens is 2. The van der Waals surface area contributed by atoms with Crippen LogP contribution in [0.2, 0.25) is 0 Å². The normalized spacial score (nSPS) is 10.7. The number of amides is 2. The molecule has 3 rings (SSSR count). The molecule has 0 aliphatic heterocycles. The molecule has 0 saturated heterocycles. The van der Waals surface area contributed by atoms with E-state index in [1.807, 2.05) is 66.9 Å². The molecule has 1 aromatic carbocycles. The minimum atomic E-state index is -0.312. The van der Waals surface area contributed by atoms with E-state index >= 15 is 0 Å². The number of carbonyl (C=O) groups is 3. The van der Waals surface area contributed by atoms with Gasteiger partial charge in [0.1, 0.15) is 12.0 Å². The number of nitrogens with one attached hydrogen (secondary N) is 2. The van der Waals surface area contributed by atoms with Crippen LogP contribution in [0.4, 0.5) is 5.69 Å². The highest BCUT2D eigenvalue weighted by atomic mass is 16.2. The fourth-order valence-electron chi connectivity index (χ4n) is 4.37. The van der Waals surface area contributed by atoms with Crippen molar-refractivity contribution in [3.8, 4) is 22.5 Å². The summed E-state index contributed by atoms with van der Waals surface area (Å²) in [6.07, 6.45) is 4.72. The summed E-state index contributed by atoms with van der Waals surface area (Å²) < 4.78 is 1.95. The van der Waals surface area contributed by atoms with Gasteiger partial charge in [-0.2, -0.15) is 0 Å². The summed E-state index contributed by atoms with van der Waals surface area (Å²) in [5.74, 6) is -0.549. The quantitative estimate of drug-likeness (QED) is 0.107. The van der Waals surface area contributed by atoms with Gasteiger partial charge in [-0.15, -0.1) is 0 Å². The molecule has 0 aliphatic rings. The zero-order valence-corrected chi connectivity index (χ0v) is 22.5. The second-order valence-electron chi connectivity index (χ2n) is 9.37. The number of nitrogens with zero attached hydrogens (tertiary/aromatic N) is 3. The Kier molecular flexibility index (Phi) is 10.8. The largest absolute Gasteiger partial charge is 0.370 e. The summed E-state index contributed by atoms with van der Waals surface area (Å²) in [5, 5.41) is 6.01. The van der Waals surface area contributed by atoms with E-state index in [2.05, 4.69) is 20.6 Å². The van der Waals surface area contributed by atoms with E-state index in [9.17, 15) is 14.4 Å². The number of benzene rings is 1. The number of anilines is 1. The molecular weight excluding hydrogens is 494 g/mol. The van der Waals surface area contributed by atoms with E-state index < -0.39 is 0 Å². The molecule has 10 heteroatoms. The van der Waals surface area contributed by atoms with E-state index in [0.29, 0.717) is 55.0 Å². The number of carbonyl (C=O) groups excluding carboxylic acids is 3. The van der Waals surface area contributed by atoms with E-state index in [1.54, 1.807) is 6.20 Å². The minimum Gasteiger partial charge on any atom is -0.370 e. The molecule has 2 aromatic heterocycles. The van der Waals surface area contributed by atoms with Gasteiger partial charge in [0.05, 0.1) is 22.6 Å². The van der Waals surface area contributed by atoms with Gasteiger partial charge in [-0.05, 0) is 50.8 Å². The Morgan fingerprint density at radius 3 is 2.44 bits per heavy atom. The Labute approximate surface area is 228 Å². The zero-order chi connectivity index (χ0) is 28.2. The van der Waals surface area contributed by atoms with Gasteiger partial charge in [0.2, 0.25) is 5.91 Å². The molecular formula is C29H37N7O3. The van der Waals surface area contributed by atoms with Crippen LogP contribution in [0, 0.1) is 0 Å². The first-order chi connectivity index (χ1) is 18.8. The van der Waals surface area contributed by atoms with Gasteiger partial charge in [-0.25, -0.2) is 0 Å². The van der Waals surface area contributed by atoms with Crippen LogP contribution in [0.25, 0.3) is 22.5 Å². The number of nitrogens with two attached hydrogens (primary N) is 2. The number of guanidine groups is 1. The van der Waals surface area contributed by atoms with Crippen molar-refractivity contribution >= 4 is 29.7 Å². The highest BCUT2D eigenvalue weighted by molar-refractivity contribution is 6.10. The molecule has 0 bridgehead atoms. The Morgan fingerprint density at radius 2 is 1.79 bits per heavy atom. The van der Waals surface area contributed by atoms with Crippen molar-refractivity contribution in [2.75, 3.05) is 18.4 Å². The maximum atomic E-state index is 13.8. The fraction of sp³-hybridized carbons (Fsp3) is 0.345. The summed E-state index contributed by atoms with van der Waals surface area (Å²) in [4.78, 5) is 46.2. The fourth-order valence-corrected chi connectivity index (χ4v) is 4.37. The molecule has 39 heavy (non-hydrogen) atoms. The molecule has 0 radical (unpaired) electrons. The molecule has 2 heterocycles. The average Bonchev–Trinajstić information content (AvgIpc) is 3.26. The summed E-state index contributed by atoms with van der Waals surface area (Å²) >= 11 is 0. The van der Waals surface area contributed by atoms with Crippen molar-refractivity contribution in [3.05, 3.63) is 60.4 Å². The van der Waals surface area contributed by atoms with Crippen LogP contribution in [0.5, 0.6) is 0 Å². The first kappa shape index (κ1) is 29.1. The number of unbranched alkanes of at least 4 members (excludes halogenated alkanes) is 2. The van der Waals surface area contributed by atoms with Crippen LogP contribution in [-0.4, -0.2) is 46.7 Å². The Bertz CT molecular complexity index is 1280. The van der Waals surface area contributed by atoms with Crippen LogP contribution in [0.3, 0.4) is 0 Å². The Hall–Kier alpha value is -4.47. The Balaban J connectivity index is 2.13. The monoisotopic (exact) mass is 531 g/mol. The predicted octanol–water partition coefficient (Wildman–Crippen LogP) is 3.89. The first-order valence-electron chi connectivity index (χ1n) is 13.2. The van der Waals surface area contributed by atoms with Gasteiger partial charge >= 0.3 is 0 Å². The van der Waals surface area contributed by atoms with E-state index in [0.717, 1.165) is 17.5 Å². The molecule has 0 atom stereocenters. The lowest BCUT2D eigenvalue weighted by Gasteiger charge is -2.18. The second-order valence-corrected chi connectivity index (χ2v) is 9.37. The standard InChI is InChI=1S/C29H37N7O3/c1-20(2)36-26(21-12-4-3-5-13-21)24(22-14-6-8-16-32-22)25(35-23(38)15-7-11-19-37)27(36)28(39)33-17-9-10-18-34-29(30)31/h3-6,8,12-14,16,19-20H,7,9-11,15,17-18H2,1-2H3,(H,33,39)(H,35,38)(H4,30,31,34). The van der Waals surface area contributed by atoms with Crippen molar-refractivity contribution in [1.82, 2.24) is 14.9 Å². The summed E-state index contributed by atoms with van der Waals surface area (Å²) in [5.41, 5.74) is 14.5. The van der Waals surface area contributed by atoms with Crippen LogP contribution >= 0.6 is 0 Å². The number of hydrogen-bond donors (Lipinski definition) is 4. The molecule has 0 spiro atoms. The molecule has 3 aromatic rings. The molecule has 0 aliphatic carbocycles. The van der Waals surface area contributed by atoms with Gasteiger partial charge in [0, 0.05) is 38.2 Å². The van der Waals surface area contributed by atoms with Crippen LogP contribution < -0.4 is 22.1 Å². The average molecular weight is 532 g/mol. The SMILES string of the molecule is CC(C)n1c(C(=O)NCCCCN=C(N)N)c(NC(=O)CCCC=O)c(-c2ccccn2)c1-c1ccccc1. The summed E-state index contributed by atoms with van der Waals surface area (Å²) in [6, 6.07) is 15.2. The van der Waals surface area contributed by atoms with Gasteiger partial charge < -0.3 is 31.5 Å². The highest BCUT2D eigenvalue weighted by Crippen LogP contribution is 2.44. The lowest BCUT2D eigenvalue weighted by molar-refractivity contribution is -0.116. The molecule has 0 unspecified atom stereocenters. The summed E-state index contributed by atoms with van der Waals surface area (Å²) in [6.45, 7) is 4.88. The molecule has 0 fully saturated rings. The van der Waals surface area contributed by atoms with Crippen molar-refractivity contribution in [3.63, 3.8) is 0 Å². The Morgan fingerprint density at radius 1 is 1.05 bits per heavy atom. The first-order valence-corrected chi connectivity index (χ1v) is 13.2. The van der Waals surface area contributed by atoms with Crippen LogP contribution in [0.1, 0.15) is 62.5 Å². The molecule has 0 saturated carbocycles. The molecule has 10 nitrogen and oxygen atoms in total. The number of aliphatic imine (C=N–C) groups is 1. The smallest absolute Gasteiger partial charge is 0.270 e. The number of hydrogen-bond acceptors (Lipinski definition) is 5. The predicted molar refractivity (Wildman–Crippen MR) is 154 cm³/mol. The van der Waals surface area contributed by atoms with E-state index in [1.165, 1.54) is 0 Å². The minimum absolute atomic E-state index is 0.0396. The van der Waals surface area contributed by atoms with Crippen molar-refractivity contribution in [2.24, 2.45) is 16.5 Å². The van der Waals surface area contributed by atoms with Gasteiger partial charge in [0.15, 0.2) is 5.96 Å². The maximum absolute atomic E-state index is 13.8. The molecule has 2 amide bonds. The lowest BCUT2D eigenvalue weighted by Crippen LogP contribution is -2.29. The van der Waals surface area contributed by atoms with Gasteiger partial charge in [-0.3, -0.25) is 19.6 Å². The molecule has 6 N–H and O–H groups in total. The van der Waals surface area contributed by atoms with Crippen LogP contribution in [0.15, 0.2) is 59.7 Å². The van der Waals surface area contributed by atoms with Crippen molar-refractivity contribution < 1.29 is 14.4 Å². The highest BCUT2D eigenvalue weighted by Gasteiger charge is 2.31. The van der Waals surface area contributed by atoms with Gasteiger partial charge in [-0.1, -0.05) is 36.4 Å². The topological polar surface area (TPSA) is 157 Å². The molecule has 206 valence electrons. The van der Waals surface area contributed by atoms with E-state index in [-0.39, 0.29) is 36.7 Å².